The summed E-state index contributed by atoms with van der Waals surface area (Å²) in [5.41, 5.74) is 2.65. The summed E-state index contributed by atoms with van der Waals surface area (Å²) in [5, 5.41) is 8.88. The Labute approximate surface area is 164 Å². The zero-order chi connectivity index (χ0) is 20.0. The average Bonchev–Trinajstić information content (AvgIpc) is 2.69. The molecule has 0 saturated carbocycles. The van der Waals surface area contributed by atoms with E-state index in [1.807, 2.05) is 31.2 Å². The highest BCUT2D eigenvalue weighted by molar-refractivity contribution is 7.87. The smallest absolute Gasteiger partial charge is 0.339 e. The standard InChI is InChI=1S/C22H19NO4S/c1-17-6-12-21(13-7-17)28(24,25)27-20-10-8-18(9-11-20)16-26-22-5-3-2-4-19(22)14-15-23/h2-13H,14,16H2,1H3. The van der Waals surface area contributed by atoms with Gasteiger partial charge in [0.25, 0.3) is 0 Å². The van der Waals surface area contributed by atoms with Crippen molar-refractivity contribution in [3.63, 3.8) is 0 Å². The number of para-hydroxylation sites is 1. The fourth-order valence-electron chi connectivity index (χ4n) is 2.56. The summed E-state index contributed by atoms with van der Waals surface area (Å²) in [7, 11) is -3.87. The van der Waals surface area contributed by atoms with Gasteiger partial charge in [-0.15, -0.1) is 0 Å². The van der Waals surface area contributed by atoms with E-state index in [1.54, 1.807) is 36.4 Å². The van der Waals surface area contributed by atoms with Crippen LogP contribution in [0.5, 0.6) is 11.5 Å². The lowest BCUT2D eigenvalue weighted by Gasteiger charge is -2.11. The van der Waals surface area contributed by atoms with E-state index >= 15 is 0 Å². The molecule has 3 rings (SSSR count). The second-order valence-corrected chi connectivity index (χ2v) is 7.77. The normalized spacial score (nSPS) is 10.9. The third-order valence-electron chi connectivity index (χ3n) is 4.08. The summed E-state index contributed by atoms with van der Waals surface area (Å²) in [4.78, 5) is 0.111. The number of aryl methyl sites for hydroxylation is 1. The molecule has 6 heteroatoms. The summed E-state index contributed by atoms with van der Waals surface area (Å²) >= 11 is 0. The Hall–Kier alpha value is -3.30. The van der Waals surface area contributed by atoms with Crippen molar-refractivity contribution in [3.8, 4) is 17.6 Å². The van der Waals surface area contributed by atoms with Crippen LogP contribution in [0, 0.1) is 18.3 Å². The van der Waals surface area contributed by atoms with Crippen LogP contribution in [0.3, 0.4) is 0 Å². The molecule has 5 nitrogen and oxygen atoms in total. The Morgan fingerprint density at radius 2 is 1.61 bits per heavy atom. The van der Waals surface area contributed by atoms with Gasteiger partial charge in [0.05, 0.1) is 12.5 Å². The molecule has 0 bridgehead atoms. The lowest BCUT2D eigenvalue weighted by atomic mass is 10.1. The van der Waals surface area contributed by atoms with Crippen LogP contribution in [0.15, 0.2) is 77.7 Å². The quantitative estimate of drug-likeness (QED) is 0.556. The summed E-state index contributed by atoms with van der Waals surface area (Å²) in [5.74, 6) is 0.889. The minimum absolute atomic E-state index is 0.111. The second kappa shape index (κ2) is 8.59. The SMILES string of the molecule is Cc1ccc(S(=O)(=O)Oc2ccc(COc3ccccc3CC#N)cc2)cc1. The van der Waals surface area contributed by atoms with Crippen LogP contribution in [0.1, 0.15) is 16.7 Å². The van der Waals surface area contributed by atoms with Crippen molar-refractivity contribution in [2.24, 2.45) is 0 Å². The van der Waals surface area contributed by atoms with Crippen molar-refractivity contribution in [1.29, 1.82) is 5.26 Å². The maximum absolute atomic E-state index is 12.3. The van der Waals surface area contributed by atoms with Crippen LogP contribution in [0.2, 0.25) is 0 Å². The fourth-order valence-corrected chi connectivity index (χ4v) is 3.49. The number of hydrogen-bond donors (Lipinski definition) is 0. The molecule has 0 amide bonds. The number of rotatable bonds is 7. The molecule has 0 unspecified atom stereocenters. The number of ether oxygens (including phenoxy) is 1. The van der Waals surface area contributed by atoms with E-state index in [9.17, 15) is 8.42 Å². The minimum Gasteiger partial charge on any atom is -0.489 e. The summed E-state index contributed by atoms with van der Waals surface area (Å²) < 4.78 is 35.6. The molecule has 0 spiro atoms. The predicted molar refractivity (Wildman–Crippen MR) is 106 cm³/mol. The van der Waals surface area contributed by atoms with Crippen molar-refractivity contribution < 1.29 is 17.3 Å². The van der Waals surface area contributed by atoms with E-state index in [0.717, 1.165) is 16.7 Å². The Morgan fingerprint density at radius 3 is 2.29 bits per heavy atom. The molecule has 0 atom stereocenters. The molecule has 0 aromatic heterocycles. The third kappa shape index (κ3) is 4.90. The number of nitriles is 1. The number of nitrogens with zero attached hydrogens (tertiary/aromatic N) is 1. The Morgan fingerprint density at radius 1 is 0.929 bits per heavy atom. The van der Waals surface area contributed by atoms with E-state index in [2.05, 4.69) is 6.07 Å². The summed E-state index contributed by atoms with van der Waals surface area (Å²) in [6.45, 7) is 2.18. The minimum atomic E-state index is -3.87. The van der Waals surface area contributed by atoms with E-state index in [4.69, 9.17) is 14.2 Å². The highest BCUT2D eigenvalue weighted by Crippen LogP contribution is 2.22. The first-order valence-corrected chi connectivity index (χ1v) is 10.1. The maximum atomic E-state index is 12.3. The third-order valence-corrected chi connectivity index (χ3v) is 5.34. The van der Waals surface area contributed by atoms with E-state index in [0.29, 0.717) is 12.4 Å². The van der Waals surface area contributed by atoms with Gasteiger partial charge in [-0.05, 0) is 42.8 Å². The number of benzene rings is 3. The molecule has 0 radical (unpaired) electrons. The van der Waals surface area contributed by atoms with Crippen LogP contribution in [0.25, 0.3) is 0 Å². The van der Waals surface area contributed by atoms with Gasteiger partial charge in [-0.1, -0.05) is 48.0 Å². The predicted octanol–water partition coefficient (Wildman–Crippen LogP) is 4.41. The molecule has 28 heavy (non-hydrogen) atoms. The largest absolute Gasteiger partial charge is 0.489 e. The van der Waals surface area contributed by atoms with Crippen LogP contribution in [-0.2, 0) is 23.1 Å². The molecule has 0 heterocycles. The van der Waals surface area contributed by atoms with Gasteiger partial charge in [0.15, 0.2) is 0 Å². The zero-order valence-electron chi connectivity index (χ0n) is 15.3. The van der Waals surface area contributed by atoms with Gasteiger partial charge in [-0.3, -0.25) is 0 Å². The molecule has 3 aromatic rings. The molecular formula is C22H19NO4S. The summed E-state index contributed by atoms with van der Waals surface area (Å²) in [6, 6.07) is 22.6. The average molecular weight is 393 g/mol. The highest BCUT2D eigenvalue weighted by Gasteiger charge is 2.16. The molecule has 3 aromatic carbocycles. The van der Waals surface area contributed by atoms with Crippen LogP contribution < -0.4 is 8.92 Å². The molecule has 0 saturated heterocycles. The van der Waals surface area contributed by atoms with Crippen LogP contribution in [-0.4, -0.2) is 8.42 Å². The Balaban J connectivity index is 1.65. The van der Waals surface area contributed by atoms with Gasteiger partial charge in [0.2, 0.25) is 0 Å². The van der Waals surface area contributed by atoms with Gasteiger partial charge < -0.3 is 8.92 Å². The first kappa shape index (κ1) is 19.5. The van der Waals surface area contributed by atoms with Gasteiger partial charge in [0.1, 0.15) is 23.0 Å². The highest BCUT2D eigenvalue weighted by atomic mass is 32.2. The van der Waals surface area contributed by atoms with Gasteiger partial charge in [-0.25, -0.2) is 0 Å². The van der Waals surface area contributed by atoms with Gasteiger partial charge in [-0.2, -0.15) is 13.7 Å². The van der Waals surface area contributed by atoms with Crippen molar-refractivity contribution in [3.05, 3.63) is 89.5 Å². The summed E-state index contributed by atoms with van der Waals surface area (Å²) in [6.07, 6.45) is 0.278. The van der Waals surface area contributed by atoms with Crippen molar-refractivity contribution in [2.75, 3.05) is 0 Å². The van der Waals surface area contributed by atoms with Gasteiger partial charge >= 0.3 is 10.1 Å². The molecule has 0 aliphatic carbocycles. The molecule has 0 N–H and O–H groups in total. The lowest BCUT2D eigenvalue weighted by molar-refractivity contribution is 0.303. The second-order valence-electron chi connectivity index (χ2n) is 6.23. The Kier molecular flexibility index (Phi) is 5.97. The van der Waals surface area contributed by atoms with Crippen molar-refractivity contribution >= 4 is 10.1 Å². The topological polar surface area (TPSA) is 76.4 Å². The lowest BCUT2D eigenvalue weighted by Crippen LogP contribution is -2.09. The van der Waals surface area contributed by atoms with E-state index in [-0.39, 0.29) is 17.1 Å². The fraction of sp³-hybridized carbons (Fsp3) is 0.136. The van der Waals surface area contributed by atoms with Gasteiger partial charge in [0, 0.05) is 5.56 Å². The number of hydrogen-bond acceptors (Lipinski definition) is 5. The molecule has 142 valence electrons. The first-order valence-electron chi connectivity index (χ1n) is 8.66. The van der Waals surface area contributed by atoms with E-state index < -0.39 is 10.1 Å². The molecule has 0 aliphatic heterocycles. The van der Waals surface area contributed by atoms with Crippen LogP contribution in [0.4, 0.5) is 0 Å². The first-order chi connectivity index (χ1) is 13.5. The van der Waals surface area contributed by atoms with E-state index in [1.165, 1.54) is 12.1 Å². The van der Waals surface area contributed by atoms with Crippen LogP contribution >= 0.6 is 0 Å². The zero-order valence-corrected chi connectivity index (χ0v) is 16.1. The monoisotopic (exact) mass is 393 g/mol. The Bertz CT molecular complexity index is 1080. The molecule has 0 aliphatic rings. The van der Waals surface area contributed by atoms with Crippen molar-refractivity contribution in [1.82, 2.24) is 0 Å². The molecular weight excluding hydrogens is 374 g/mol. The molecule has 0 fully saturated rings. The van der Waals surface area contributed by atoms with Crippen molar-refractivity contribution in [2.45, 2.75) is 24.8 Å². The maximum Gasteiger partial charge on any atom is 0.339 e.